The van der Waals surface area contributed by atoms with Gasteiger partial charge in [0.25, 0.3) is 0 Å². The molecule has 0 aliphatic carbocycles. The molecule has 2 aromatic rings. The molecule has 2 atom stereocenters. The van der Waals surface area contributed by atoms with Crippen molar-refractivity contribution in [2.24, 2.45) is 4.99 Å². The molecule has 2 unspecified atom stereocenters. The lowest BCUT2D eigenvalue weighted by molar-refractivity contribution is 0.158. The Balaban J connectivity index is 0.00000300. The largest absolute Gasteiger partial charge is 0.497 e. The van der Waals surface area contributed by atoms with Crippen molar-refractivity contribution in [1.82, 2.24) is 10.2 Å². The summed E-state index contributed by atoms with van der Waals surface area (Å²) in [6.45, 7) is 4.80. The molecule has 0 radical (unpaired) electrons. The van der Waals surface area contributed by atoms with Crippen molar-refractivity contribution in [3.8, 4) is 11.5 Å². The quantitative estimate of drug-likeness (QED) is 0.335. The molecule has 1 saturated heterocycles. The van der Waals surface area contributed by atoms with Crippen LogP contribution in [0.15, 0.2) is 46.0 Å². The van der Waals surface area contributed by atoms with Crippen LogP contribution in [0.4, 0.5) is 0 Å². The number of aliphatic imine (C=N–C) groups is 1. The second-order valence-electron chi connectivity index (χ2n) is 6.80. The summed E-state index contributed by atoms with van der Waals surface area (Å²) in [7, 11) is 3.33. The van der Waals surface area contributed by atoms with Gasteiger partial charge in [0.1, 0.15) is 23.4 Å². The number of ether oxygens (including phenoxy) is 2. The monoisotopic (exact) mass is 515 g/mol. The molecule has 0 bridgehead atoms. The van der Waals surface area contributed by atoms with Gasteiger partial charge >= 0.3 is 0 Å². The Morgan fingerprint density at radius 1 is 1.31 bits per heavy atom. The van der Waals surface area contributed by atoms with Gasteiger partial charge < -0.3 is 29.2 Å². The third-order valence-corrected chi connectivity index (χ3v) is 4.95. The van der Waals surface area contributed by atoms with Crippen molar-refractivity contribution >= 4 is 29.9 Å². The average molecular weight is 515 g/mol. The first-order valence-corrected chi connectivity index (χ1v) is 9.62. The number of aliphatic hydroxyl groups is 1. The van der Waals surface area contributed by atoms with Gasteiger partial charge in [0, 0.05) is 31.6 Å². The number of nitrogens with zero attached hydrogens (tertiary/aromatic N) is 2. The minimum atomic E-state index is -0.746. The van der Waals surface area contributed by atoms with Crippen molar-refractivity contribution in [3.63, 3.8) is 0 Å². The summed E-state index contributed by atoms with van der Waals surface area (Å²) in [6.07, 6.45) is 1.83. The van der Waals surface area contributed by atoms with Gasteiger partial charge in [-0.2, -0.15) is 0 Å². The SMILES string of the molecule is CCNC(=NCC(O)c1ccco1)N1CCC(c2cc(OC)cc(OC)c2)C1.I. The van der Waals surface area contributed by atoms with E-state index in [9.17, 15) is 5.11 Å². The van der Waals surface area contributed by atoms with E-state index in [-0.39, 0.29) is 30.5 Å². The minimum Gasteiger partial charge on any atom is -0.497 e. The second-order valence-corrected chi connectivity index (χ2v) is 6.80. The number of likely N-dealkylation sites (tertiary alicyclic amines) is 1. The maximum atomic E-state index is 10.2. The predicted molar refractivity (Wildman–Crippen MR) is 124 cm³/mol. The molecule has 0 saturated carbocycles. The van der Waals surface area contributed by atoms with Crippen molar-refractivity contribution in [1.29, 1.82) is 0 Å². The molecule has 7 nitrogen and oxygen atoms in total. The van der Waals surface area contributed by atoms with Crippen LogP contribution in [0.2, 0.25) is 0 Å². The summed E-state index contributed by atoms with van der Waals surface area (Å²) in [4.78, 5) is 6.85. The summed E-state index contributed by atoms with van der Waals surface area (Å²) in [5.74, 6) is 3.31. The Kier molecular flexibility index (Phi) is 9.09. The van der Waals surface area contributed by atoms with Crippen LogP contribution in [-0.2, 0) is 0 Å². The summed E-state index contributed by atoms with van der Waals surface area (Å²) >= 11 is 0. The van der Waals surface area contributed by atoms with Gasteiger partial charge in [0.15, 0.2) is 5.96 Å². The smallest absolute Gasteiger partial charge is 0.194 e. The number of benzene rings is 1. The first-order chi connectivity index (χ1) is 13.6. The summed E-state index contributed by atoms with van der Waals surface area (Å²) < 4.78 is 16.1. The van der Waals surface area contributed by atoms with E-state index in [1.54, 1.807) is 32.6 Å². The van der Waals surface area contributed by atoms with Crippen LogP contribution in [0.5, 0.6) is 11.5 Å². The lowest BCUT2D eigenvalue weighted by atomic mass is 9.98. The van der Waals surface area contributed by atoms with Gasteiger partial charge in [-0.1, -0.05) is 0 Å². The van der Waals surface area contributed by atoms with Crippen LogP contribution in [0.1, 0.15) is 36.7 Å². The number of guanidine groups is 1. The highest BCUT2D eigenvalue weighted by Crippen LogP contribution is 2.33. The van der Waals surface area contributed by atoms with Crippen molar-refractivity contribution in [2.45, 2.75) is 25.4 Å². The Morgan fingerprint density at radius 2 is 2.03 bits per heavy atom. The first-order valence-electron chi connectivity index (χ1n) is 9.62. The van der Waals surface area contributed by atoms with Crippen LogP contribution in [0.3, 0.4) is 0 Å². The number of aliphatic hydroxyl groups excluding tert-OH is 1. The molecule has 1 aliphatic rings. The lowest BCUT2D eigenvalue weighted by Crippen LogP contribution is -2.40. The zero-order valence-corrected chi connectivity index (χ0v) is 19.5. The zero-order chi connectivity index (χ0) is 19.9. The third-order valence-electron chi connectivity index (χ3n) is 4.95. The molecule has 1 aliphatic heterocycles. The number of halogens is 1. The average Bonchev–Trinajstić information content (AvgIpc) is 3.42. The van der Waals surface area contributed by atoms with Crippen LogP contribution in [0.25, 0.3) is 0 Å². The molecule has 1 aromatic heterocycles. The van der Waals surface area contributed by atoms with Gasteiger partial charge in [-0.3, -0.25) is 0 Å². The number of furan rings is 1. The van der Waals surface area contributed by atoms with Crippen molar-refractivity contribution in [3.05, 3.63) is 47.9 Å². The second kappa shape index (κ2) is 11.3. The first kappa shape index (κ1) is 23.3. The number of hydrogen-bond acceptors (Lipinski definition) is 5. The number of rotatable bonds is 7. The van der Waals surface area contributed by atoms with Gasteiger partial charge in [-0.05, 0) is 43.2 Å². The Hall–Kier alpha value is -1.94. The van der Waals surface area contributed by atoms with Crippen LogP contribution >= 0.6 is 24.0 Å². The summed E-state index contributed by atoms with van der Waals surface area (Å²) in [6, 6.07) is 9.55. The third kappa shape index (κ3) is 6.02. The molecule has 160 valence electrons. The maximum Gasteiger partial charge on any atom is 0.194 e. The van der Waals surface area contributed by atoms with Crippen LogP contribution in [-0.4, -0.2) is 56.4 Å². The van der Waals surface area contributed by atoms with E-state index in [1.165, 1.54) is 5.56 Å². The number of hydrogen-bond donors (Lipinski definition) is 2. The molecule has 3 rings (SSSR count). The van der Waals surface area contributed by atoms with E-state index in [0.717, 1.165) is 43.5 Å². The van der Waals surface area contributed by atoms with Gasteiger partial charge in [0.05, 0.1) is 27.0 Å². The van der Waals surface area contributed by atoms with E-state index in [1.807, 2.05) is 13.0 Å². The standard InChI is InChI=1S/C21H29N3O4.HI/c1-4-22-21(23-13-19(25)20-6-5-9-28-20)24-8-7-15(14-24)16-10-17(26-2)12-18(11-16)27-3;/h5-6,9-12,15,19,25H,4,7-8,13-14H2,1-3H3,(H,22,23);1H. The van der Waals surface area contributed by atoms with E-state index < -0.39 is 6.10 Å². The Bertz CT molecular complexity index is 760. The number of methoxy groups -OCH3 is 2. The highest BCUT2D eigenvalue weighted by atomic mass is 127. The van der Waals surface area contributed by atoms with E-state index >= 15 is 0 Å². The van der Waals surface area contributed by atoms with Crippen LogP contribution < -0.4 is 14.8 Å². The highest BCUT2D eigenvalue weighted by Gasteiger charge is 2.27. The predicted octanol–water partition coefficient (Wildman–Crippen LogP) is 3.40. The molecular weight excluding hydrogens is 485 g/mol. The van der Waals surface area contributed by atoms with E-state index in [0.29, 0.717) is 11.7 Å². The van der Waals surface area contributed by atoms with E-state index in [2.05, 4.69) is 27.3 Å². The highest BCUT2D eigenvalue weighted by molar-refractivity contribution is 14.0. The molecule has 0 spiro atoms. The zero-order valence-electron chi connectivity index (χ0n) is 17.1. The fourth-order valence-corrected chi connectivity index (χ4v) is 3.46. The molecule has 0 amide bonds. The Morgan fingerprint density at radius 3 is 2.62 bits per heavy atom. The molecule has 1 fully saturated rings. The fourth-order valence-electron chi connectivity index (χ4n) is 3.46. The van der Waals surface area contributed by atoms with Gasteiger partial charge in [-0.25, -0.2) is 4.99 Å². The van der Waals surface area contributed by atoms with Crippen LogP contribution in [0, 0.1) is 0 Å². The summed E-state index contributed by atoms with van der Waals surface area (Å²) in [5.41, 5.74) is 1.20. The van der Waals surface area contributed by atoms with Gasteiger partial charge in [0.2, 0.25) is 0 Å². The van der Waals surface area contributed by atoms with Gasteiger partial charge in [-0.15, -0.1) is 24.0 Å². The van der Waals surface area contributed by atoms with Crippen molar-refractivity contribution in [2.75, 3.05) is 40.4 Å². The number of nitrogens with one attached hydrogen (secondary N) is 1. The normalized spacial score (nSPS) is 17.6. The van der Waals surface area contributed by atoms with Crippen molar-refractivity contribution < 1.29 is 19.0 Å². The molecular formula is C21H30IN3O4. The maximum absolute atomic E-state index is 10.2. The summed E-state index contributed by atoms with van der Waals surface area (Å²) in [5, 5.41) is 13.6. The molecule has 1 aromatic carbocycles. The molecule has 2 N–H and O–H groups in total. The lowest BCUT2D eigenvalue weighted by Gasteiger charge is -2.22. The Labute approximate surface area is 189 Å². The molecule has 29 heavy (non-hydrogen) atoms. The minimum absolute atomic E-state index is 0. The topological polar surface area (TPSA) is 79.5 Å². The fraction of sp³-hybridized carbons (Fsp3) is 0.476. The van der Waals surface area contributed by atoms with E-state index in [4.69, 9.17) is 13.9 Å². The molecule has 8 heteroatoms. The molecule has 2 heterocycles.